The lowest BCUT2D eigenvalue weighted by Crippen LogP contribution is -2.59. The number of aldehydes is 1. The van der Waals surface area contributed by atoms with E-state index in [0.29, 0.717) is 35.0 Å². The highest BCUT2D eigenvalue weighted by Gasteiger charge is 2.53. The smallest absolute Gasteiger partial charge is 0.446 e. The molecule has 0 unspecified atom stereocenters. The van der Waals surface area contributed by atoms with Gasteiger partial charge in [-0.05, 0) is 91.8 Å². The van der Waals surface area contributed by atoms with Gasteiger partial charge in [0.1, 0.15) is 5.75 Å². The maximum absolute atomic E-state index is 11.9. The van der Waals surface area contributed by atoms with Crippen LogP contribution in [0.3, 0.4) is 0 Å². The van der Waals surface area contributed by atoms with Crippen molar-refractivity contribution in [3.8, 4) is 5.75 Å². The van der Waals surface area contributed by atoms with Crippen LogP contribution in [-0.4, -0.2) is 44.8 Å². The van der Waals surface area contributed by atoms with E-state index in [1.807, 2.05) is 18.2 Å². The molecule has 0 radical (unpaired) electrons. The first-order valence-corrected chi connectivity index (χ1v) is 15.3. The number of sulfonamides is 1. The lowest BCUT2D eigenvalue weighted by molar-refractivity contribution is -0.156. The Kier molecular flexibility index (Phi) is 7.34. The molecular weight excluding hydrogens is 531 g/mol. The number of phenols is 1. The SMILES string of the molecule is CS(=O)(=O)Nc1ccccc1Nc1c(O)cc2c(c1C1CC1)C[C@@H]1NCC[C@]23CCCC[C@H]13.O=CC(F)(F)F. The Hall–Kier alpha value is -2.79. The molecule has 4 N–H and O–H groups in total. The minimum atomic E-state index is -4.64. The summed E-state index contributed by atoms with van der Waals surface area (Å²) < 4.78 is 57.6. The molecule has 1 saturated heterocycles. The van der Waals surface area contributed by atoms with Crippen LogP contribution >= 0.6 is 0 Å². The van der Waals surface area contributed by atoms with E-state index in [1.54, 1.807) is 6.07 Å². The number of phenolic OH excluding ortho intramolecular Hbond substituents is 1. The summed E-state index contributed by atoms with van der Waals surface area (Å²) >= 11 is 0. The van der Waals surface area contributed by atoms with Crippen LogP contribution in [-0.2, 0) is 26.7 Å². The van der Waals surface area contributed by atoms with Gasteiger partial charge in [-0.1, -0.05) is 25.0 Å². The van der Waals surface area contributed by atoms with E-state index in [1.165, 1.54) is 42.4 Å². The predicted molar refractivity (Wildman–Crippen MR) is 144 cm³/mol. The summed E-state index contributed by atoms with van der Waals surface area (Å²) in [7, 11) is -3.42. The molecule has 3 fully saturated rings. The highest BCUT2D eigenvalue weighted by molar-refractivity contribution is 7.92. The number of aromatic hydroxyl groups is 1. The quantitative estimate of drug-likeness (QED) is 0.283. The Balaban J connectivity index is 0.000000465. The average Bonchev–Trinajstić information content (AvgIpc) is 3.71. The molecule has 2 saturated carbocycles. The number of anilines is 3. The molecule has 212 valence electrons. The van der Waals surface area contributed by atoms with Crippen molar-refractivity contribution in [1.29, 1.82) is 0 Å². The van der Waals surface area contributed by atoms with Gasteiger partial charge in [-0.15, -0.1) is 0 Å². The minimum Gasteiger partial charge on any atom is -0.506 e. The van der Waals surface area contributed by atoms with Crippen molar-refractivity contribution in [2.45, 2.75) is 74.9 Å². The monoisotopic (exact) mass is 565 g/mol. The van der Waals surface area contributed by atoms with E-state index in [2.05, 4.69) is 21.4 Å². The first kappa shape index (κ1) is 27.8. The second kappa shape index (κ2) is 10.3. The number of halogens is 3. The lowest BCUT2D eigenvalue weighted by Gasteiger charge is -2.56. The van der Waals surface area contributed by atoms with Crippen LogP contribution in [0.5, 0.6) is 5.75 Å². The number of hydrogen-bond acceptors (Lipinski definition) is 6. The minimum absolute atomic E-state index is 0.192. The number of fused-ring (bicyclic) bond motifs is 1. The zero-order valence-electron chi connectivity index (χ0n) is 21.8. The molecule has 2 aromatic rings. The van der Waals surface area contributed by atoms with Gasteiger partial charge >= 0.3 is 6.18 Å². The molecule has 11 heteroatoms. The van der Waals surface area contributed by atoms with Crippen LogP contribution in [0.15, 0.2) is 30.3 Å². The Bertz CT molecular complexity index is 1360. The van der Waals surface area contributed by atoms with E-state index in [4.69, 9.17) is 4.79 Å². The first-order valence-electron chi connectivity index (χ1n) is 13.4. The summed E-state index contributed by atoms with van der Waals surface area (Å²) in [5.41, 5.74) is 6.18. The fraction of sp³-hybridized carbons (Fsp3) is 0.536. The third kappa shape index (κ3) is 5.75. The van der Waals surface area contributed by atoms with E-state index < -0.39 is 22.5 Å². The van der Waals surface area contributed by atoms with Crippen molar-refractivity contribution in [3.63, 3.8) is 0 Å². The van der Waals surface area contributed by atoms with E-state index in [0.717, 1.165) is 44.2 Å². The number of carbonyl (C=O) groups is 1. The molecule has 1 aliphatic heterocycles. The van der Waals surface area contributed by atoms with Gasteiger partial charge in [0.05, 0.1) is 23.3 Å². The van der Waals surface area contributed by atoms with Crippen LogP contribution in [0, 0.1) is 5.92 Å². The summed E-state index contributed by atoms with van der Waals surface area (Å²) in [4.78, 5) is 8.70. The maximum Gasteiger partial charge on any atom is 0.446 e. The Morgan fingerprint density at radius 3 is 2.44 bits per heavy atom. The van der Waals surface area contributed by atoms with E-state index >= 15 is 0 Å². The second-order valence-electron chi connectivity index (χ2n) is 11.2. The Morgan fingerprint density at radius 1 is 1.10 bits per heavy atom. The number of rotatable bonds is 5. The Morgan fingerprint density at radius 2 is 1.79 bits per heavy atom. The van der Waals surface area contributed by atoms with Crippen molar-refractivity contribution in [3.05, 3.63) is 47.0 Å². The Labute approximate surface area is 226 Å². The van der Waals surface area contributed by atoms with Gasteiger partial charge in [-0.25, -0.2) is 8.42 Å². The zero-order chi connectivity index (χ0) is 28.0. The van der Waals surface area contributed by atoms with E-state index in [-0.39, 0.29) is 5.41 Å². The van der Waals surface area contributed by atoms with Gasteiger partial charge in [0.25, 0.3) is 0 Å². The summed E-state index contributed by atoms with van der Waals surface area (Å²) in [6.45, 7) is 1.06. The molecule has 3 aliphatic carbocycles. The van der Waals surface area contributed by atoms with E-state index in [9.17, 15) is 26.7 Å². The van der Waals surface area contributed by atoms with Crippen LogP contribution in [0.1, 0.15) is 67.6 Å². The van der Waals surface area contributed by atoms with Gasteiger partial charge < -0.3 is 15.7 Å². The third-order valence-corrected chi connectivity index (χ3v) is 9.17. The standard InChI is InChI=1S/C26H33N3O3S.C2HF3O/c1-33(31,32)29-21-8-3-2-7-20(21)28-25-23(30)15-19-17(24(25)16-9-10-16)14-22-18-6-4-5-11-26(18,19)12-13-27-22;3-2(4,5)1-6/h2-3,7-8,15-16,18,22,27-30H,4-6,9-14H2,1H3;1H/t18-,22+,26+;/m1./s1. The molecule has 4 aliphatic rings. The summed E-state index contributed by atoms with van der Waals surface area (Å²) in [6.07, 6.45) is 4.99. The van der Waals surface area contributed by atoms with Crippen LogP contribution < -0.4 is 15.4 Å². The molecule has 6 rings (SSSR count). The van der Waals surface area contributed by atoms with Crippen molar-refractivity contribution >= 4 is 33.4 Å². The van der Waals surface area contributed by atoms with Crippen molar-refractivity contribution in [1.82, 2.24) is 5.32 Å². The highest BCUT2D eigenvalue weighted by Crippen LogP contribution is 2.59. The molecule has 2 aromatic carbocycles. The first-order chi connectivity index (χ1) is 18.4. The summed E-state index contributed by atoms with van der Waals surface area (Å²) in [5, 5.41) is 18.6. The fourth-order valence-electron chi connectivity index (χ4n) is 7.05. The van der Waals surface area contributed by atoms with Gasteiger partial charge in [0.2, 0.25) is 16.3 Å². The summed E-state index contributed by atoms with van der Waals surface area (Å²) in [6, 6.07) is 9.85. The molecule has 0 amide bonds. The number of piperidine rings is 1. The number of benzene rings is 2. The molecule has 39 heavy (non-hydrogen) atoms. The number of hydrogen-bond donors (Lipinski definition) is 4. The molecule has 0 spiro atoms. The molecule has 3 atom stereocenters. The molecule has 2 bridgehead atoms. The third-order valence-electron chi connectivity index (χ3n) is 8.58. The lowest BCUT2D eigenvalue weighted by atomic mass is 9.52. The largest absolute Gasteiger partial charge is 0.506 e. The number of nitrogens with one attached hydrogen (secondary N) is 3. The predicted octanol–water partition coefficient (Wildman–Crippen LogP) is 5.48. The van der Waals surface area contributed by atoms with Crippen LogP contribution in [0.25, 0.3) is 0 Å². The van der Waals surface area contributed by atoms with Crippen LogP contribution in [0.4, 0.5) is 30.2 Å². The van der Waals surface area contributed by atoms with Gasteiger partial charge in [0.15, 0.2) is 0 Å². The molecule has 7 nitrogen and oxygen atoms in total. The topological polar surface area (TPSA) is 108 Å². The average molecular weight is 566 g/mol. The molecule has 1 heterocycles. The normalized spacial score (nSPS) is 25.8. The van der Waals surface area contributed by atoms with Crippen molar-refractivity contribution < 1.29 is 31.5 Å². The van der Waals surface area contributed by atoms with Gasteiger partial charge in [0, 0.05) is 11.5 Å². The second-order valence-corrected chi connectivity index (χ2v) is 13.0. The maximum atomic E-state index is 11.9. The number of para-hydroxylation sites is 2. The fourth-order valence-corrected chi connectivity index (χ4v) is 7.63. The zero-order valence-corrected chi connectivity index (χ0v) is 22.6. The molecule has 0 aromatic heterocycles. The van der Waals surface area contributed by atoms with Crippen molar-refractivity contribution in [2.75, 3.05) is 22.8 Å². The van der Waals surface area contributed by atoms with Crippen LogP contribution in [0.2, 0.25) is 0 Å². The highest BCUT2D eigenvalue weighted by atomic mass is 32.2. The van der Waals surface area contributed by atoms with Gasteiger partial charge in [-0.3, -0.25) is 9.52 Å². The van der Waals surface area contributed by atoms with Gasteiger partial charge in [-0.2, -0.15) is 13.2 Å². The van der Waals surface area contributed by atoms with Crippen molar-refractivity contribution in [2.24, 2.45) is 5.92 Å². The molecular formula is C28H34F3N3O4S. The number of carbonyl (C=O) groups excluding carboxylic acids is 1. The number of alkyl halides is 3. The summed E-state index contributed by atoms with van der Waals surface area (Å²) in [5.74, 6) is 1.42.